The number of aliphatic carboxylic acids is 3. The quantitative estimate of drug-likeness (QED) is 0.675. The Morgan fingerprint density at radius 3 is 1.52 bits per heavy atom. The predicted molar refractivity (Wildman–Crippen MR) is 67.7 cm³/mol. The van der Waals surface area contributed by atoms with Gasteiger partial charge in [0.05, 0.1) is 5.92 Å². The maximum Gasteiger partial charge on any atom is 0.490 e. The van der Waals surface area contributed by atoms with E-state index in [1.807, 2.05) is 0 Å². The summed E-state index contributed by atoms with van der Waals surface area (Å²) in [5.74, 6) is -6.80. The largest absolute Gasteiger partial charge is 0.490 e. The molecule has 0 spiro atoms. The Hall–Kier alpha value is -2.86. The molecule has 1 aromatic heterocycles. The van der Waals surface area contributed by atoms with Crippen LogP contribution >= 0.6 is 0 Å². The zero-order valence-corrected chi connectivity index (χ0v) is 12.2. The number of carboxylic acids is 3. The molecule has 3 N–H and O–H groups in total. The van der Waals surface area contributed by atoms with E-state index < -0.39 is 36.2 Å². The Kier molecular flexibility index (Phi) is 9.85. The highest BCUT2D eigenvalue weighted by Crippen LogP contribution is 2.14. The van der Waals surface area contributed by atoms with Crippen molar-refractivity contribution in [2.45, 2.75) is 25.2 Å². The van der Waals surface area contributed by atoms with Gasteiger partial charge in [0.1, 0.15) is 0 Å². The molecule has 0 amide bonds. The van der Waals surface area contributed by atoms with Crippen LogP contribution in [0, 0.1) is 0 Å². The van der Waals surface area contributed by atoms with Crippen LogP contribution in [0.2, 0.25) is 0 Å². The molecule has 0 bridgehead atoms. The molecule has 25 heavy (non-hydrogen) atoms. The van der Waals surface area contributed by atoms with Crippen LogP contribution in [0.15, 0.2) is 24.5 Å². The van der Waals surface area contributed by atoms with Crippen molar-refractivity contribution in [3.63, 3.8) is 0 Å². The van der Waals surface area contributed by atoms with E-state index >= 15 is 0 Å². The lowest BCUT2D eigenvalue weighted by molar-refractivity contribution is -0.193. The summed E-state index contributed by atoms with van der Waals surface area (Å²) in [7, 11) is 0. The zero-order chi connectivity index (χ0) is 20.4. The lowest BCUT2D eigenvalue weighted by Crippen LogP contribution is -2.21. The SMILES string of the molecule is C[C@H](C(=O)O)c1cccnc1.O=C(O)C(F)(F)F.O=C(O)C(F)(F)F. The van der Waals surface area contributed by atoms with E-state index in [0.717, 1.165) is 5.56 Å². The van der Waals surface area contributed by atoms with Gasteiger partial charge in [0, 0.05) is 12.4 Å². The number of alkyl halides is 6. The summed E-state index contributed by atoms with van der Waals surface area (Å²) >= 11 is 0. The summed E-state index contributed by atoms with van der Waals surface area (Å²) in [5.41, 5.74) is 0.736. The standard InChI is InChI=1S/C8H9NO2.2C2HF3O2/c1-6(8(10)11)7-3-2-4-9-5-7;2*3-2(4,5)1(6)7/h2-6H,1H3,(H,10,11);2*(H,6,7)/t6-;;/m0../s1. The average molecular weight is 379 g/mol. The highest BCUT2D eigenvalue weighted by atomic mass is 19.4. The second kappa shape index (κ2) is 10.1. The highest BCUT2D eigenvalue weighted by Gasteiger charge is 2.38. The Morgan fingerprint density at radius 1 is 0.960 bits per heavy atom. The van der Waals surface area contributed by atoms with Gasteiger partial charge in [-0.1, -0.05) is 6.07 Å². The first-order valence-corrected chi connectivity index (χ1v) is 5.83. The van der Waals surface area contributed by atoms with E-state index in [1.165, 1.54) is 0 Å². The Balaban J connectivity index is 0. The third-order valence-electron chi connectivity index (χ3n) is 2.04. The molecule has 0 aliphatic carbocycles. The number of hydrogen-bond donors (Lipinski definition) is 3. The van der Waals surface area contributed by atoms with Crippen LogP contribution < -0.4 is 0 Å². The summed E-state index contributed by atoms with van der Waals surface area (Å²) in [4.78, 5) is 32.1. The van der Waals surface area contributed by atoms with Crippen LogP contribution in [0.3, 0.4) is 0 Å². The molecule has 0 aliphatic heterocycles. The number of pyridine rings is 1. The summed E-state index contributed by atoms with van der Waals surface area (Å²) in [6.07, 6.45) is -6.98. The maximum absolute atomic E-state index is 10.6. The van der Waals surface area contributed by atoms with Crippen molar-refractivity contribution in [2.24, 2.45) is 0 Å². The highest BCUT2D eigenvalue weighted by molar-refractivity contribution is 5.75. The van der Waals surface area contributed by atoms with Gasteiger partial charge in [-0.2, -0.15) is 26.3 Å². The molecule has 0 unspecified atom stereocenters. The summed E-state index contributed by atoms with van der Waals surface area (Å²) in [6, 6.07) is 3.49. The van der Waals surface area contributed by atoms with Gasteiger partial charge in [0.25, 0.3) is 0 Å². The number of halogens is 6. The monoisotopic (exact) mass is 379 g/mol. The molecule has 0 aromatic carbocycles. The molecule has 142 valence electrons. The average Bonchev–Trinajstić information content (AvgIpc) is 2.46. The Bertz CT molecular complexity index is 548. The third kappa shape index (κ3) is 12.3. The first-order chi connectivity index (χ1) is 11.1. The van der Waals surface area contributed by atoms with Gasteiger partial charge >= 0.3 is 30.3 Å². The van der Waals surface area contributed by atoms with E-state index in [-0.39, 0.29) is 0 Å². The fourth-order valence-electron chi connectivity index (χ4n) is 0.775. The summed E-state index contributed by atoms with van der Waals surface area (Å²) in [6.45, 7) is 1.64. The number of nitrogens with zero attached hydrogens (tertiary/aromatic N) is 1. The van der Waals surface area contributed by atoms with Crippen LogP contribution in [0.4, 0.5) is 26.3 Å². The third-order valence-corrected chi connectivity index (χ3v) is 2.04. The van der Waals surface area contributed by atoms with Crippen LogP contribution in [0.25, 0.3) is 0 Å². The molecule has 1 atom stereocenters. The number of aromatic nitrogens is 1. The molecular weight excluding hydrogens is 368 g/mol. The van der Waals surface area contributed by atoms with E-state index in [2.05, 4.69) is 4.98 Å². The van der Waals surface area contributed by atoms with E-state index in [1.54, 1.807) is 31.5 Å². The zero-order valence-electron chi connectivity index (χ0n) is 12.2. The molecule has 0 aliphatic rings. The molecule has 13 heteroatoms. The van der Waals surface area contributed by atoms with Crippen molar-refractivity contribution in [3.8, 4) is 0 Å². The van der Waals surface area contributed by atoms with Gasteiger partial charge in [-0.3, -0.25) is 9.78 Å². The molecule has 1 heterocycles. The number of rotatable bonds is 2. The second-order valence-corrected chi connectivity index (χ2v) is 3.95. The van der Waals surface area contributed by atoms with Crippen LogP contribution in [0.1, 0.15) is 18.4 Å². The molecule has 1 aromatic rings. The predicted octanol–water partition coefficient (Wildman–Crippen LogP) is 2.54. The van der Waals surface area contributed by atoms with Gasteiger partial charge in [-0.25, -0.2) is 9.59 Å². The minimum Gasteiger partial charge on any atom is -0.481 e. The maximum atomic E-state index is 10.6. The molecule has 7 nitrogen and oxygen atoms in total. The molecule has 0 radical (unpaired) electrons. The Morgan fingerprint density at radius 2 is 1.32 bits per heavy atom. The molecule has 1 rings (SSSR count). The van der Waals surface area contributed by atoms with Crippen molar-refractivity contribution in [1.29, 1.82) is 0 Å². The van der Waals surface area contributed by atoms with E-state index in [0.29, 0.717) is 0 Å². The van der Waals surface area contributed by atoms with E-state index in [9.17, 15) is 31.1 Å². The fraction of sp³-hybridized carbons (Fsp3) is 0.333. The first-order valence-electron chi connectivity index (χ1n) is 5.83. The van der Waals surface area contributed by atoms with Crippen LogP contribution in [0.5, 0.6) is 0 Å². The van der Waals surface area contributed by atoms with Crippen LogP contribution in [-0.4, -0.2) is 50.6 Å². The number of carboxylic acid groups (broad SMARTS) is 3. The topological polar surface area (TPSA) is 125 Å². The minimum absolute atomic E-state index is 0.469. The van der Waals surface area contributed by atoms with Crippen molar-refractivity contribution in [3.05, 3.63) is 30.1 Å². The molecule has 0 saturated carbocycles. The van der Waals surface area contributed by atoms with E-state index in [4.69, 9.17) is 24.9 Å². The van der Waals surface area contributed by atoms with Gasteiger partial charge in [0.15, 0.2) is 0 Å². The van der Waals surface area contributed by atoms with Crippen molar-refractivity contribution in [2.75, 3.05) is 0 Å². The molecule has 0 fully saturated rings. The lowest BCUT2D eigenvalue weighted by atomic mass is 10.0. The summed E-state index contributed by atoms with van der Waals surface area (Å²) in [5, 5.41) is 22.9. The summed E-state index contributed by atoms with van der Waals surface area (Å²) < 4.78 is 63.5. The van der Waals surface area contributed by atoms with Gasteiger partial charge in [-0.15, -0.1) is 0 Å². The fourth-order valence-corrected chi connectivity index (χ4v) is 0.775. The number of hydrogen-bond acceptors (Lipinski definition) is 4. The van der Waals surface area contributed by atoms with Crippen LogP contribution in [-0.2, 0) is 14.4 Å². The normalized spacial score (nSPS) is 11.8. The van der Waals surface area contributed by atoms with Crippen molar-refractivity contribution < 1.29 is 56.0 Å². The van der Waals surface area contributed by atoms with Gasteiger partial charge in [0.2, 0.25) is 0 Å². The van der Waals surface area contributed by atoms with Crippen molar-refractivity contribution in [1.82, 2.24) is 4.98 Å². The molecular formula is C12H11F6NO6. The van der Waals surface area contributed by atoms with Gasteiger partial charge < -0.3 is 15.3 Å². The Labute approximate surface area is 135 Å². The lowest BCUT2D eigenvalue weighted by Gasteiger charge is -2.03. The number of carbonyl (C=O) groups is 3. The first kappa shape index (κ1) is 24.4. The smallest absolute Gasteiger partial charge is 0.481 e. The minimum atomic E-state index is -5.08. The van der Waals surface area contributed by atoms with Gasteiger partial charge in [-0.05, 0) is 18.6 Å². The molecule has 0 saturated heterocycles. The second-order valence-electron chi connectivity index (χ2n) is 3.95. The van der Waals surface area contributed by atoms with Crippen molar-refractivity contribution >= 4 is 17.9 Å².